The minimum Gasteiger partial charge on any atom is -0.393 e. The van der Waals surface area contributed by atoms with Crippen molar-refractivity contribution in [1.82, 2.24) is 0 Å². The van der Waals surface area contributed by atoms with Crippen LogP contribution < -0.4 is 0 Å². The molecule has 2 saturated carbocycles. The van der Waals surface area contributed by atoms with Crippen molar-refractivity contribution in [2.75, 3.05) is 0 Å². The highest BCUT2D eigenvalue weighted by Gasteiger charge is 2.42. The third-order valence-electron chi connectivity index (χ3n) is 6.16. The van der Waals surface area contributed by atoms with Crippen LogP contribution in [0.2, 0.25) is 0 Å². The average molecular weight is 266 g/mol. The van der Waals surface area contributed by atoms with E-state index in [9.17, 15) is 9.90 Å². The van der Waals surface area contributed by atoms with E-state index in [4.69, 9.17) is 0 Å². The molecule has 0 heterocycles. The van der Waals surface area contributed by atoms with E-state index >= 15 is 0 Å². The number of aliphatic hydroxyl groups excluding tert-OH is 1. The molecule has 2 fully saturated rings. The van der Waals surface area contributed by atoms with Crippen molar-refractivity contribution in [3.05, 3.63) is 0 Å². The molecule has 0 aromatic heterocycles. The molecular weight excluding hydrogens is 236 g/mol. The van der Waals surface area contributed by atoms with E-state index < -0.39 is 0 Å². The summed E-state index contributed by atoms with van der Waals surface area (Å²) in [7, 11) is 0. The van der Waals surface area contributed by atoms with Crippen molar-refractivity contribution in [3.63, 3.8) is 0 Å². The molecule has 0 aliphatic heterocycles. The van der Waals surface area contributed by atoms with Crippen molar-refractivity contribution in [2.24, 2.45) is 29.1 Å². The first-order valence-corrected chi connectivity index (χ1v) is 8.03. The molecule has 0 bridgehead atoms. The van der Waals surface area contributed by atoms with Gasteiger partial charge in [-0.05, 0) is 55.3 Å². The Balaban J connectivity index is 2.03. The lowest BCUT2D eigenvalue weighted by molar-refractivity contribution is -0.126. The quantitative estimate of drug-likeness (QED) is 0.825. The van der Waals surface area contributed by atoms with Crippen LogP contribution >= 0.6 is 0 Å². The summed E-state index contributed by atoms with van der Waals surface area (Å²) in [5.41, 5.74) is 0.309. The van der Waals surface area contributed by atoms with Crippen molar-refractivity contribution in [1.29, 1.82) is 0 Å². The lowest BCUT2D eigenvalue weighted by atomic mass is 9.58. The predicted octanol–water partition coefficient (Wildman–Crippen LogP) is 3.82. The monoisotopic (exact) mass is 266 g/mol. The fourth-order valence-corrected chi connectivity index (χ4v) is 4.30. The molecule has 2 aliphatic carbocycles. The molecule has 0 aromatic rings. The van der Waals surface area contributed by atoms with Crippen molar-refractivity contribution in [2.45, 2.75) is 72.3 Å². The second-order valence-electron chi connectivity index (χ2n) is 7.71. The Morgan fingerprint density at radius 3 is 2.26 bits per heavy atom. The van der Waals surface area contributed by atoms with Crippen LogP contribution in [0.25, 0.3) is 0 Å². The van der Waals surface area contributed by atoms with Crippen LogP contribution in [-0.2, 0) is 4.79 Å². The van der Waals surface area contributed by atoms with Crippen LogP contribution in [0, 0.1) is 29.1 Å². The normalized spacial score (nSPS) is 41.3. The van der Waals surface area contributed by atoms with Gasteiger partial charge in [-0.1, -0.05) is 27.7 Å². The molecule has 0 radical (unpaired) electrons. The number of Topliss-reactive ketones (excluding diaryl/α,β-unsaturated/α-hetero) is 1. The van der Waals surface area contributed by atoms with E-state index in [0.29, 0.717) is 29.0 Å². The molecule has 5 atom stereocenters. The number of carbonyl (C=O) groups excluding carboxylic acids is 1. The SMILES string of the molecule is CC1CC(C(C)(C)C2CCC(O)C(C)C2)CCC1=O. The van der Waals surface area contributed by atoms with Gasteiger partial charge in [0.15, 0.2) is 0 Å². The number of carbonyl (C=O) groups is 1. The summed E-state index contributed by atoms with van der Waals surface area (Å²) < 4.78 is 0. The van der Waals surface area contributed by atoms with Crippen molar-refractivity contribution in [3.8, 4) is 0 Å². The van der Waals surface area contributed by atoms with E-state index in [1.165, 1.54) is 0 Å². The molecular formula is C17H30O2. The summed E-state index contributed by atoms with van der Waals surface area (Å²) >= 11 is 0. The second-order valence-corrected chi connectivity index (χ2v) is 7.71. The van der Waals surface area contributed by atoms with Crippen LogP contribution in [0.3, 0.4) is 0 Å². The van der Waals surface area contributed by atoms with Crippen LogP contribution in [-0.4, -0.2) is 17.0 Å². The first kappa shape index (κ1) is 15.0. The maximum absolute atomic E-state index is 11.7. The number of rotatable bonds is 2. The second kappa shape index (κ2) is 5.55. The lowest BCUT2D eigenvalue weighted by Gasteiger charge is -2.47. The first-order valence-electron chi connectivity index (χ1n) is 8.03. The van der Waals surface area contributed by atoms with Gasteiger partial charge in [0.1, 0.15) is 5.78 Å². The fraction of sp³-hybridized carbons (Fsp3) is 0.941. The molecule has 2 nitrogen and oxygen atoms in total. The molecule has 0 spiro atoms. The highest BCUT2D eigenvalue weighted by Crippen LogP contribution is 2.49. The zero-order valence-electron chi connectivity index (χ0n) is 13.0. The molecule has 2 heteroatoms. The van der Waals surface area contributed by atoms with Gasteiger partial charge in [-0.2, -0.15) is 0 Å². The molecule has 0 saturated heterocycles. The van der Waals surface area contributed by atoms with Gasteiger partial charge in [0, 0.05) is 12.3 Å². The zero-order valence-corrected chi connectivity index (χ0v) is 13.0. The molecule has 110 valence electrons. The smallest absolute Gasteiger partial charge is 0.135 e. The van der Waals surface area contributed by atoms with E-state index in [1.807, 2.05) is 0 Å². The molecule has 2 rings (SSSR count). The van der Waals surface area contributed by atoms with E-state index in [1.54, 1.807) is 0 Å². The van der Waals surface area contributed by atoms with Crippen LogP contribution in [0.4, 0.5) is 0 Å². The maximum Gasteiger partial charge on any atom is 0.135 e. The highest BCUT2D eigenvalue weighted by molar-refractivity contribution is 5.81. The molecule has 0 aromatic carbocycles. The molecule has 1 N–H and O–H groups in total. The van der Waals surface area contributed by atoms with E-state index in [-0.39, 0.29) is 12.0 Å². The van der Waals surface area contributed by atoms with Gasteiger partial charge in [-0.3, -0.25) is 4.79 Å². The first-order chi connectivity index (χ1) is 8.82. The summed E-state index contributed by atoms with van der Waals surface area (Å²) in [4.78, 5) is 11.7. The number of hydrogen-bond donors (Lipinski definition) is 1. The molecule has 2 aliphatic rings. The fourth-order valence-electron chi connectivity index (χ4n) is 4.30. The Morgan fingerprint density at radius 2 is 1.68 bits per heavy atom. The Morgan fingerprint density at radius 1 is 1.05 bits per heavy atom. The molecule has 0 amide bonds. The van der Waals surface area contributed by atoms with E-state index in [2.05, 4.69) is 27.7 Å². The Hall–Kier alpha value is -0.370. The van der Waals surface area contributed by atoms with Gasteiger partial charge in [0.25, 0.3) is 0 Å². The largest absolute Gasteiger partial charge is 0.393 e. The van der Waals surface area contributed by atoms with Gasteiger partial charge < -0.3 is 5.11 Å². The third-order valence-corrected chi connectivity index (χ3v) is 6.16. The summed E-state index contributed by atoms with van der Waals surface area (Å²) in [6.07, 6.45) is 6.07. The predicted molar refractivity (Wildman–Crippen MR) is 77.8 cm³/mol. The number of aliphatic hydroxyl groups is 1. The Kier molecular flexibility index (Phi) is 4.39. The topological polar surface area (TPSA) is 37.3 Å². The van der Waals surface area contributed by atoms with Gasteiger partial charge in [-0.15, -0.1) is 0 Å². The van der Waals surface area contributed by atoms with Gasteiger partial charge in [0.2, 0.25) is 0 Å². The summed E-state index contributed by atoms with van der Waals surface area (Å²) in [6, 6.07) is 0. The Bertz CT molecular complexity index is 334. The highest BCUT2D eigenvalue weighted by atomic mass is 16.3. The van der Waals surface area contributed by atoms with Crippen LogP contribution in [0.5, 0.6) is 0 Å². The Labute approximate surface area is 118 Å². The standard InChI is InChI=1S/C17H30O2/c1-11-9-13(5-7-15(11)18)17(3,4)14-6-8-16(19)12(2)10-14/h11-15,18H,5-10H2,1-4H3. The summed E-state index contributed by atoms with van der Waals surface area (Å²) in [5, 5.41) is 9.90. The number of hydrogen-bond acceptors (Lipinski definition) is 2. The minimum atomic E-state index is -0.0982. The molecule has 19 heavy (non-hydrogen) atoms. The van der Waals surface area contributed by atoms with Crippen molar-refractivity contribution >= 4 is 5.78 Å². The van der Waals surface area contributed by atoms with Gasteiger partial charge in [0.05, 0.1) is 6.10 Å². The maximum atomic E-state index is 11.7. The van der Waals surface area contributed by atoms with Crippen LogP contribution in [0.15, 0.2) is 0 Å². The number of ketones is 1. The van der Waals surface area contributed by atoms with Crippen LogP contribution in [0.1, 0.15) is 66.2 Å². The molecule has 5 unspecified atom stereocenters. The summed E-state index contributed by atoms with van der Waals surface area (Å²) in [5.74, 6) is 2.52. The lowest BCUT2D eigenvalue weighted by Crippen LogP contribution is -2.41. The average Bonchev–Trinajstić information content (AvgIpc) is 2.35. The van der Waals surface area contributed by atoms with Gasteiger partial charge in [-0.25, -0.2) is 0 Å². The minimum absolute atomic E-state index is 0.0982. The van der Waals surface area contributed by atoms with Gasteiger partial charge >= 0.3 is 0 Å². The third kappa shape index (κ3) is 3.04. The van der Waals surface area contributed by atoms with Crippen molar-refractivity contribution < 1.29 is 9.90 Å². The zero-order chi connectivity index (χ0) is 14.2. The summed E-state index contributed by atoms with van der Waals surface area (Å²) in [6.45, 7) is 9.07. The van der Waals surface area contributed by atoms with E-state index in [0.717, 1.165) is 38.5 Å².